The van der Waals surface area contributed by atoms with Crippen molar-refractivity contribution in [1.29, 1.82) is 0 Å². The van der Waals surface area contributed by atoms with E-state index in [4.69, 9.17) is 9.72 Å². The molecule has 3 heterocycles. The van der Waals surface area contributed by atoms with Crippen molar-refractivity contribution in [3.8, 4) is 17.1 Å². The Balaban J connectivity index is 1.82. The van der Waals surface area contributed by atoms with Gasteiger partial charge in [-0.3, -0.25) is 14.4 Å². The van der Waals surface area contributed by atoms with Gasteiger partial charge in [0.25, 0.3) is 5.56 Å². The summed E-state index contributed by atoms with van der Waals surface area (Å²) in [5.74, 6) is 0.765. The first-order chi connectivity index (χ1) is 16.1. The Morgan fingerprint density at radius 3 is 2.56 bits per heavy atom. The lowest BCUT2D eigenvalue weighted by Gasteiger charge is -2.42. The van der Waals surface area contributed by atoms with Gasteiger partial charge in [-0.25, -0.2) is 13.4 Å². The number of benzene rings is 1. The normalized spacial score (nSPS) is 15.2. The number of ether oxygens (including phenoxy) is 1. The molecule has 9 nitrogen and oxygen atoms in total. The van der Waals surface area contributed by atoms with Crippen molar-refractivity contribution in [2.45, 2.75) is 63.9 Å². The number of hydrogen-bond acceptors (Lipinski definition) is 7. The number of nitrogens with one attached hydrogen (secondary N) is 1. The maximum absolute atomic E-state index is 13.1. The zero-order valence-electron chi connectivity index (χ0n) is 20.5. The SMILES string of the molecule is CCCCOc1ccc(S(C)(=O)=O)cc1-c1nc2c(CC)n(C3CN(C(C)C)C3)nc2c(=O)[nH]1. The molecule has 1 N–H and O–H groups in total. The van der Waals surface area contributed by atoms with E-state index in [1.807, 2.05) is 11.6 Å². The van der Waals surface area contributed by atoms with E-state index in [0.717, 1.165) is 37.9 Å². The monoisotopic (exact) mass is 487 g/mol. The number of fused-ring (bicyclic) bond motifs is 1. The highest BCUT2D eigenvalue weighted by Crippen LogP contribution is 2.32. The van der Waals surface area contributed by atoms with Crippen LogP contribution in [0.4, 0.5) is 0 Å². The van der Waals surface area contributed by atoms with Crippen LogP contribution in [0.15, 0.2) is 27.9 Å². The fourth-order valence-corrected chi connectivity index (χ4v) is 4.89. The van der Waals surface area contributed by atoms with E-state index in [1.54, 1.807) is 6.07 Å². The Morgan fingerprint density at radius 1 is 1.21 bits per heavy atom. The van der Waals surface area contributed by atoms with Gasteiger partial charge in [-0.1, -0.05) is 20.3 Å². The molecule has 1 aromatic carbocycles. The maximum atomic E-state index is 13.1. The lowest BCUT2D eigenvalue weighted by molar-refractivity contribution is 0.0663. The van der Waals surface area contributed by atoms with E-state index in [9.17, 15) is 13.2 Å². The van der Waals surface area contributed by atoms with Crippen LogP contribution in [0.3, 0.4) is 0 Å². The number of unbranched alkanes of at least 4 members (excludes halogenated alkanes) is 1. The molecule has 0 bridgehead atoms. The summed E-state index contributed by atoms with van der Waals surface area (Å²) in [5, 5.41) is 4.63. The van der Waals surface area contributed by atoms with E-state index < -0.39 is 9.84 Å². The fraction of sp³-hybridized carbons (Fsp3) is 0.542. The van der Waals surface area contributed by atoms with Crippen LogP contribution >= 0.6 is 0 Å². The number of sulfone groups is 1. The highest BCUT2D eigenvalue weighted by atomic mass is 32.2. The molecule has 0 radical (unpaired) electrons. The molecule has 34 heavy (non-hydrogen) atoms. The molecule has 184 valence electrons. The van der Waals surface area contributed by atoms with E-state index in [0.29, 0.717) is 41.4 Å². The molecule has 0 saturated carbocycles. The van der Waals surface area contributed by atoms with Crippen molar-refractivity contribution >= 4 is 20.9 Å². The van der Waals surface area contributed by atoms with Crippen molar-refractivity contribution < 1.29 is 13.2 Å². The molecule has 1 fully saturated rings. The summed E-state index contributed by atoms with van der Waals surface area (Å²) in [6, 6.07) is 5.33. The molecule has 0 amide bonds. The minimum Gasteiger partial charge on any atom is -0.493 e. The molecule has 1 aliphatic heterocycles. The maximum Gasteiger partial charge on any atom is 0.279 e. The summed E-state index contributed by atoms with van der Waals surface area (Å²) in [6.45, 7) is 10.7. The third-order valence-corrected chi connectivity index (χ3v) is 7.45. The second kappa shape index (κ2) is 9.50. The van der Waals surface area contributed by atoms with Gasteiger partial charge in [-0.05, 0) is 44.9 Å². The van der Waals surface area contributed by atoms with Crippen molar-refractivity contribution in [2.75, 3.05) is 26.0 Å². The van der Waals surface area contributed by atoms with Crippen molar-refractivity contribution in [3.63, 3.8) is 0 Å². The third kappa shape index (κ3) is 4.61. The van der Waals surface area contributed by atoms with E-state index in [2.05, 4.69) is 35.8 Å². The number of H-pyrrole nitrogens is 1. The van der Waals surface area contributed by atoms with Crippen molar-refractivity contribution in [1.82, 2.24) is 24.6 Å². The summed E-state index contributed by atoms with van der Waals surface area (Å²) in [5.41, 5.74) is 1.86. The Kier molecular flexibility index (Phi) is 6.82. The van der Waals surface area contributed by atoms with E-state index >= 15 is 0 Å². The number of likely N-dealkylation sites (tertiary alicyclic amines) is 1. The zero-order valence-corrected chi connectivity index (χ0v) is 21.3. The van der Waals surface area contributed by atoms with Gasteiger partial charge in [0, 0.05) is 25.4 Å². The predicted octanol–water partition coefficient (Wildman–Crippen LogP) is 3.20. The topological polar surface area (TPSA) is 110 Å². The zero-order chi connectivity index (χ0) is 24.6. The minimum absolute atomic E-state index is 0.141. The second-order valence-electron chi connectivity index (χ2n) is 9.19. The van der Waals surface area contributed by atoms with Gasteiger partial charge >= 0.3 is 0 Å². The standard InChI is InChI=1S/C24H33N5O4S/c1-6-8-11-33-20-10-9-17(34(5,31)32)12-18(20)23-25-21-19(7-2)29(27-22(21)24(30)26-23)16-13-28(14-16)15(3)4/h9-10,12,15-16H,6-8,11,13-14H2,1-5H3,(H,25,26,30). The number of nitrogens with zero attached hydrogens (tertiary/aromatic N) is 4. The molecule has 1 saturated heterocycles. The Bertz CT molecular complexity index is 1350. The Morgan fingerprint density at radius 2 is 1.94 bits per heavy atom. The third-order valence-electron chi connectivity index (χ3n) is 6.34. The van der Waals surface area contributed by atoms with Crippen LogP contribution in [-0.2, 0) is 16.3 Å². The fourth-order valence-electron chi connectivity index (χ4n) is 4.24. The van der Waals surface area contributed by atoms with Gasteiger partial charge in [0.05, 0.1) is 28.8 Å². The van der Waals surface area contributed by atoms with Crippen LogP contribution in [-0.4, -0.2) is 65.1 Å². The van der Waals surface area contributed by atoms with Gasteiger partial charge in [0.1, 0.15) is 17.1 Å². The summed E-state index contributed by atoms with van der Waals surface area (Å²) >= 11 is 0. The molecule has 4 rings (SSSR count). The molecule has 0 unspecified atom stereocenters. The van der Waals surface area contributed by atoms with Gasteiger partial charge in [-0.15, -0.1) is 0 Å². The average molecular weight is 488 g/mol. The molecule has 3 aromatic rings. The molecule has 10 heteroatoms. The smallest absolute Gasteiger partial charge is 0.279 e. The van der Waals surface area contributed by atoms with Gasteiger partial charge in [-0.2, -0.15) is 5.10 Å². The largest absolute Gasteiger partial charge is 0.493 e. The van der Waals surface area contributed by atoms with Gasteiger partial charge in [0.2, 0.25) is 0 Å². The lowest BCUT2D eigenvalue weighted by atomic mass is 10.1. The number of aryl methyl sites for hydroxylation is 1. The van der Waals surface area contributed by atoms with Crippen LogP contribution in [0.25, 0.3) is 22.4 Å². The quantitative estimate of drug-likeness (QED) is 0.462. The molecule has 0 spiro atoms. The van der Waals surface area contributed by atoms with Crippen LogP contribution in [0.2, 0.25) is 0 Å². The number of aromatic amines is 1. The first-order valence-corrected chi connectivity index (χ1v) is 13.8. The Hall–Kier alpha value is -2.72. The van der Waals surface area contributed by atoms with Crippen LogP contribution < -0.4 is 10.3 Å². The summed E-state index contributed by atoms with van der Waals surface area (Å²) in [6.07, 6.45) is 3.65. The first kappa shape index (κ1) is 24.4. The molecule has 0 atom stereocenters. The Labute approximate surface area is 200 Å². The van der Waals surface area contributed by atoms with Crippen LogP contribution in [0.5, 0.6) is 5.75 Å². The lowest BCUT2D eigenvalue weighted by Crippen LogP contribution is -2.51. The van der Waals surface area contributed by atoms with E-state index in [1.165, 1.54) is 12.1 Å². The summed E-state index contributed by atoms with van der Waals surface area (Å²) < 4.78 is 32.3. The number of rotatable bonds is 9. The predicted molar refractivity (Wildman–Crippen MR) is 132 cm³/mol. The molecular weight excluding hydrogens is 454 g/mol. The molecule has 1 aliphatic rings. The first-order valence-electron chi connectivity index (χ1n) is 11.9. The van der Waals surface area contributed by atoms with Crippen LogP contribution in [0, 0.1) is 0 Å². The van der Waals surface area contributed by atoms with E-state index in [-0.39, 0.29) is 22.3 Å². The number of aromatic nitrogens is 4. The highest BCUT2D eigenvalue weighted by molar-refractivity contribution is 7.90. The van der Waals surface area contributed by atoms with Crippen molar-refractivity contribution in [2.24, 2.45) is 0 Å². The average Bonchev–Trinajstić information content (AvgIpc) is 3.10. The van der Waals surface area contributed by atoms with Gasteiger partial charge in [0.15, 0.2) is 15.4 Å². The molecule has 2 aromatic heterocycles. The molecule has 0 aliphatic carbocycles. The minimum atomic E-state index is -3.45. The van der Waals surface area contributed by atoms with Crippen molar-refractivity contribution in [3.05, 3.63) is 34.2 Å². The second-order valence-corrected chi connectivity index (χ2v) is 11.2. The number of hydrogen-bond donors (Lipinski definition) is 1. The highest BCUT2D eigenvalue weighted by Gasteiger charge is 2.33. The summed E-state index contributed by atoms with van der Waals surface area (Å²) in [4.78, 5) is 23.2. The summed E-state index contributed by atoms with van der Waals surface area (Å²) in [7, 11) is -3.45. The molecular formula is C24H33N5O4S. The van der Waals surface area contributed by atoms with Crippen LogP contribution in [0.1, 0.15) is 52.3 Å². The van der Waals surface area contributed by atoms with Gasteiger partial charge < -0.3 is 9.72 Å².